The molecular formula is C26H32F3N3O2. The number of rotatable bonds is 7. The lowest BCUT2D eigenvalue weighted by atomic mass is 9.92. The molecule has 0 unspecified atom stereocenters. The van der Waals surface area contributed by atoms with E-state index in [1.807, 2.05) is 6.92 Å². The van der Waals surface area contributed by atoms with E-state index < -0.39 is 34.6 Å². The van der Waals surface area contributed by atoms with E-state index >= 15 is 0 Å². The molecule has 0 aromatic heterocycles. The number of hydrogen-bond donors (Lipinski definition) is 3. The molecule has 0 spiro atoms. The van der Waals surface area contributed by atoms with Gasteiger partial charge < -0.3 is 20.6 Å². The highest BCUT2D eigenvalue weighted by atomic mass is 19.2. The van der Waals surface area contributed by atoms with Gasteiger partial charge in [0.2, 0.25) is 0 Å². The highest BCUT2D eigenvalue weighted by Crippen LogP contribution is 2.32. The smallest absolute Gasteiger partial charge is 0.256 e. The fourth-order valence-electron chi connectivity index (χ4n) is 4.77. The zero-order chi connectivity index (χ0) is 24.3. The number of benzene rings is 2. The van der Waals surface area contributed by atoms with Crippen molar-refractivity contribution in [1.82, 2.24) is 10.2 Å². The van der Waals surface area contributed by atoms with Crippen molar-refractivity contribution in [3.63, 3.8) is 0 Å². The first-order valence-corrected chi connectivity index (χ1v) is 12.1. The number of carbonyl (C=O) groups excluding carboxylic acids is 1. The molecule has 8 heteroatoms. The predicted molar refractivity (Wildman–Crippen MR) is 126 cm³/mol. The van der Waals surface area contributed by atoms with Gasteiger partial charge in [0.05, 0.1) is 30.0 Å². The van der Waals surface area contributed by atoms with Crippen LogP contribution in [0.3, 0.4) is 0 Å². The fourth-order valence-corrected chi connectivity index (χ4v) is 4.77. The minimum atomic E-state index is -1.25. The number of halogens is 3. The minimum Gasteiger partial charge on any atom is -0.385 e. The Hall–Kier alpha value is -2.58. The predicted octanol–water partition coefficient (Wildman–Crippen LogP) is 4.91. The van der Waals surface area contributed by atoms with Crippen LogP contribution in [0.1, 0.15) is 61.4 Å². The summed E-state index contributed by atoms with van der Waals surface area (Å²) in [6.45, 7) is 2.43. The highest BCUT2D eigenvalue weighted by molar-refractivity contribution is 6.01. The van der Waals surface area contributed by atoms with E-state index in [2.05, 4.69) is 10.6 Å². The van der Waals surface area contributed by atoms with E-state index in [9.17, 15) is 23.1 Å². The molecule has 2 aromatic carbocycles. The summed E-state index contributed by atoms with van der Waals surface area (Å²) in [5.41, 5.74) is -0.882. The third-order valence-electron chi connectivity index (χ3n) is 6.86. The Labute approximate surface area is 198 Å². The molecule has 1 saturated carbocycles. The summed E-state index contributed by atoms with van der Waals surface area (Å²) >= 11 is 0. The average molecular weight is 476 g/mol. The first-order valence-electron chi connectivity index (χ1n) is 12.1. The van der Waals surface area contributed by atoms with Crippen molar-refractivity contribution in [3.05, 3.63) is 58.9 Å². The molecule has 1 aliphatic heterocycles. The molecule has 0 bridgehead atoms. The molecular weight excluding hydrogens is 443 g/mol. The van der Waals surface area contributed by atoms with Crippen LogP contribution in [0, 0.1) is 17.5 Å². The molecule has 1 aliphatic carbocycles. The van der Waals surface area contributed by atoms with Crippen LogP contribution >= 0.6 is 0 Å². The van der Waals surface area contributed by atoms with Gasteiger partial charge in [0.15, 0.2) is 11.6 Å². The zero-order valence-electron chi connectivity index (χ0n) is 19.5. The second kappa shape index (κ2) is 10.4. The molecule has 2 fully saturated rings. The Morgan fingerprint density at radius 1 is 1.06 bits per heavy atom. The molecule has 2 aliphatic rings. The Kier molecular flexibility index (Phi) is 7.48. The fraction of sp³-hybridized carbons (Fsp3) is 0.500. The molecule has 1 amide bonds. The van der Waals surface area contributed by atoms with Gasteiger partial charge in [-0.15, -0.1) is 0 Å². The molecule has 184 valence electrons. The largest absolute Gasteiger partial charge is 0.385 e. The van der Waals surface area contributed by atoms with Crippen LogP contribution in [-0.4, -0.2) is 47.2 Å². The molecule has 1 heterocycles. The van der Waals surface area contributed by atoms with Crippen LogP contribution in [0.2, 0.25) is 0 Å². The van der Waals surface area contributed by atoms with Crippen molar-refractivity contribution in [2.75, 3.05) is 25.0 Å². The van der Waals surface area contributed by atoms with Crippen molar-refractivity contribution in [2.45, 2.75) is 63.5 Å². The topological polar surface area (TPSA) is 64.6 Å². The first kappa shape index (κ1) is 24.5. The van der Waals surface area contributed by atoms with Crippen molar-refractivity contribution in [3.8, 4) is 0 Å². The maximum absolute atomic E-state index is 14.7. The Morgan fingerprint density at radius 3 is 2.41 bits per heavy atom. The summed E-state index contributed by atoms with van der Waals surface area (Å²) in [5, 5.41) is 16.8. The van der Waals surface area contributed by atoms with Gasteiger partial charge in [-0.3, -0.25) is 4.79 Å². The van der Waals surface area contributed by atoms with Crippen LogP contribution < -0.4 is 10.6 Å². The standard InChI is InChI=1S/C26H32F3N3O2/c1-2-17-9-12-22(21(28)13-17)31-24-19(10-11-20(27)23(24)29)25(33)32-15-26(34,16-32)14-30-18-7-5-3-4-6-8-18/h9-13,18,30-31,34H,2-8,14-16H2,1H3. The molecule has 0 atom stereocenters. The Bertz CT molecular complexity index is 1030. The van der Waals surface area contributed by atoms with Crippen molar-refractivity contribution in [2.24, 2.45) is 0 Å². The second-order valence-corrected chi connectivity index (χ2v) is 9.53. The minimum absolute atomic E-state index is 0.0523. The molecule has 4 rings (SSSR count). The SMILES string of the molecule is CCc1ccc(Nc2c(C(=O)N3CC(O)(CNC4CCCCCC4)C3)ccc(F)c2F)c(F)c1. The number of β-amino-alcohol motifs (C(OH)–C–C–N with tert-alkyl or cyclic N) is 1. The number of amides is 1. The van der Waals surface area contributed by atoms with E-state index in [4.69, 9.17) is 0 Å². The van der Waals surface area contributed by atoms with Gasteiger partial charge in [0.25, 0.3) is 5.91 Å². The van der Waals surface area contributed by atoms with E-state index in [1.165, 1.54) is 48.8 Å². The third kappa shape index (κ3) is 5.39. The monoisotopic (exact) mass is 475 g/mol. The van der Waals surface area contributed by atoms with Crippen LogP contribution in [-0.2, 0) is 6.42 Å². The van der Waals surface area contributed by atoms with Gasteiger partial charge in [-0.1, -0.05) is 38.7 Å². The van der Waals surface area contributed by atoms with Crippen molar-refractivity contribution < 1.29 is 23.1 Å². The molecule has 3 N–H and O–H groups in total. The number of aryl methyl sites for hydroxylation is 1. The Balaban J connectivity index is 1.45. The van der Waals surface area contributed by atoms with Crippen LogP contribution in [0.25, 0.3) is 0 Å². The number of hydrogen-bond acceptors (Lipinski definition) is 4. The maximum Gasteiger partial charge on any atom is 0.256 e. The first-order chi connectivity index (χ1) is 16.3. The van der Waals surface area contributed by atoms with Crippen LogP contribution in [0.4, 0.5) is 24.5 Å². The second-order valence-electron chi connectivity index (χ2n) is 9.53. The van der Waals surface area contributed by atoms with Gasteiger partial charge in [0, 0.05) is 12.6 Å². The summed E-state index contributed by atoms with van der Waals surface area (Å²) in [6.07, 6.45) is 7.62. The summed E-state index contributed by atoms with van der Waals surface area (Å²) in [6, 6.07) is 6.87. The van der Waals surface area contributed by atoms with Gasteiger partial charge in [-0.05, 0) is 49.1 Å². The lowest BCUT2D eigenvalue weighted by Gasteiger charge is -2.47. The quantitative estimate of drug-likeness (QED) is 0.498. The van der Waals surface area contributed by atoms with Gasteiger partial charge in [-0.2, -0.15) is 0 Å². The number of likely N-dealkylation sites (tertiary alicyclic amines) is 1. The molecule has 1 saturated heterocycles. The van der Waals surface area contributed by atoms with Crippen LogP contribution in [0.5, 0.6) is 0 Å². The third-order valence-corrected chi connectivity index (χ3v) is 6.86. The molecule has 5 nitrogen and oxygen atoms in total. The van der Waals surface area contributed by atoms with Gasteiger partial charge in [0.1, 0.15) is 11.4 Å². The van der Waals surface area contributed by atoms with E-state index in [0.29, 0.717) is 19.0 Å². The van der Waals surface area contributed by atoms with Gasteiger partial charge in [-0.25, -0.2) is 13.2 Å². The Morgan fingerprint density at radius 2 is 1.76 bits per heavy atom. The molecule has 34 heavy (non-hydrogen) atoms. The number of anilines is 2. The van der Waals surface area contributed by atoms with E-state index in [0.717, 1.165) is 24.5 Å². The lowest BCUT2D eigenvalue weighted by Crippen LogP contribution is -2.67. The number of nitrogens with one attached hydrogen (secondary N) is 2. The summed E-state index contributed by atoms with van der Waals surface area (Å²) < 4.78 is 43.2. The highest BCUT2D eigenvalue weighted by Gasteiger charge is 2.44. The zero-order valence-corrected chi connectivity index (χ0v) is 19.5. The van der Waals surface area contributed by atoms with Crippen LogP contribution in [0.15, 0.2) is 30.3 Å². The number of aliphatic hydroxyl groups is 1. The normalized spacial score (nSPS) is 18.3. The number of carbonyl (C=O) groups is 1. The summed E-state index contributed by atoms with van der Waals surface area (Å²) in [7, 11) is 0. The van der Waals surface area contributed by atoms with E-state index in [1.54, 1.807) is 6.07 Å². The summed E-state index contributed by atoms with van der Waals surface area (Å²) in [4.78, 5) is 14.5. The maximum atomic E-state index is 14.7. The average Bonchev–Trinajstić information content (AvgIpc) is 3.08. The van der Waals surface area contributed by atoms with Crippen molar-refractivity contribution in [1.29, 1.82) is 0 Å². The lowest BCUT2D eigenvalue weighted by molar-refractivity contribution is -0.0799. The molecule has 0 radical (unpaired) electrons. The van der Waals surface area contributed by atoms with E-state index in [-0.39, 0.29) is 24.3 Å². The van der Waals surface area contributed by atoms with Crippen molar-refractivity contribution >= 4 is 17.3 Å². The number of nitrogens with zero attached hydrogens (tertiary/aromatic N) is 1. The summed E-state index contributed by atoms with van der Waals surface area (Å²) in [5.74, 6) is -3.57. The van der Waals surface area contributed by atoms with Gasteiger partial charge >= 0.3 is 0 Å². The molecule has 2 aromatic rings.